The van der Waals surface area contributed by atoms with Gasteiger partial charge < -0.3 is 14.8 Å². The number of nitrogens with one attached hydrogen (secondary N) is 1. The van der Waals surface area contributed by atoms with Gasteiger partial charge in [-0.25, -0.2) is 0 Å². The summed E-state index contributed by atoms with van der Waals surface area (Å²) in [5.74, 6) is 3.09. The third-order valence-corrected chi connectivity index (χ3v) is 4.65. The van der Waals surface area contributed by atoms with E-state index in [1.165, 1.54) is 6.42 Å². The summed E-state index contributed by atoms with van der Waals surface area (Å²) >= 11 is 0. The maximum absolute atomic E-state index is 12.2. The third-order valence-electron chi connectivity index (χ3n) is 4.65. The first-order valence-corrected chi connectivity index (χ1v) is 8.97. The Bertz CT molecular complexity index is 566. The number of likely N-dealkylation sites (tertiary alicyclic amines) is 1. The zero-order valence-corrected chi connectivity index (χ0v) is 14.7. The summed E-state index contributed by atoms with van der Waals surface area (Å²) < 4.78 is 11.1. The fraction of sp³-hybridized carbons (Fsp3) is 0.632. The van der Waals surface area contributed by atoms with Gasteiger partial charge >= 0.3 is 0 Å². The second-order valence-electron chi connectivity index (χ2n) is 7.22. The molecule has 0 aromatic heterocycles. The van der Waals surface area contributed by atoms with Crippen LogP contribution in [-0.2, 0) is 11.2 Å². The minimum atomic E-state index is 0.119. The monoisotopic (exact) mass is 332 g/mol. The van der Waals surface area contributed by atoms with E-state index in [1.807, 2.05) is 18.2 Å². The first kappa shape index (κ1) is 17.1. The summed E-state index contributed by atoms with van der Waals surface area (Å²) in [6.07, 6.45) is 2.07. The molecule has 1 N–H and O–H groups in total. The van der Waals surface area contributed by atoms with E-state index in [9.17, 15) is 4.79 Å². The lowest BCUT2D eigenvalue weighted by Crippen LogP contribution is -2.44. The second-order valence-corrected chi connectivity index (χ2v) is 7.22. The fourth-order valence-corrected chi connectivity index (χ4v) is 3.77. The van der Waals surface area contributed by atoms with Crippen LogP contribution in [0.15, 0.2) is 18.2 Å². The molecule has 2 aliphatic rings. The Balaban J connectivity index is 1.42. The van der Waals surface area contributed by atoms with Crippen molar-refractivity contribution in [3.63, 3.8) is 0 Å². The van der Waals surface area contributed by atoms with Crippen LogP contribution in [0.3, 0.4) is 0 Å². The van der Waals surface area contributed by atoms with Gasteiger partial charge in [0.1, 0.15) is 13.2 Å². The first-order valence-electron chi connectivity index (χ1n) is 8.97. The Kier molecular flexibility index (Phi) is 5.61. The van der Waals surface area contributed by atoms with E-state index in [0.29, 0.717) is 38.1 Å². The van der Waals surface area contributed by atoms with Crippen molar-refractivity contribution in [1.29, 1.82) is 0 Å². The molecule has 1 aromatic rings. The summed E-state index contributed by atoms with van der Waals surface area (Å²) in [5, 5.41) is 3.04. The van der Waals surface area contributed by atoms with Crippen molar-refractivity contribution in [1.82, 2.24) is 10.2 Å². The van der Waals surface area contributed by atoms with Crippen LogP contribution in [0, 0.1) is 11.8 Å². The Hall–Kier alpha value is -1.75. The number of ether oxygens (including phenoxy) is 2. The van der Waals surface area contributed by atoms with E-state index in [2.05, 4.69) is 24.1 Å². The first-order chi connectivity index (χ1) is 11.6. The Labute approximate surface area is 144 Å². The van der Waals surface area contributed by atoms with Crippen LogP contribution in [0.1, 0.15) is 25.8 Å². The Morgan fingerprint density at radius 2 is 1.88 bits per heavy atom. The second kappa shape index (κ2) is 7.88. The van der Waals surface area contributed by atoms with Crippen molar-refractivity contribution in [2.45, 2.75) is 26.7 Å². The molecule has 1 aromatic carbocycles. The minimum Gasteiger partial charge on any atom is -0.486 e. The molecule has 0 saturated carbocycles. The van der Waals surface area contributed by atoms with Gasteiger partial charge in [0.2, 0.25) is 5.91 Å². The lowest BCUT2D eigenvalue weighted by atomic mass is 9.92. The maximum Gasteiger partial charge on any atom is 0.234 e. The molecule has 5 heteroatoms. The summed E-state index contributed by atoms with van der Waals surface area (Å²) in [4.78, 5) is 14.4. The van der Waals surface area contributed by atoms with Gasteiger partial charge in [-0.15, -0.1) is 0 Å². The van der Waals surface area contributed by atoms with Gasteiger partial charge in [-0.2, -0.15) is 0 Å². The zero-order chi connectivity index (χ0) is 16.9. The van der Waals surface area contributed by atoms with Gasteiger partial charge in [-0.1, -0.05) is 19.9 Å². The van der Waals surface area contributed by atoms with E-state index in [0.717, 1.165) is 36.6 Å². The van der Waals surface area contributed by atoms with Crippen LogP contribution in [-0.4, -0.2) is 50.2 Å². The van der Waals surface area contributed by atoms with Gasteiger partial charge in [-0.05, 0) is 42.4 Å². The van der Waals surface area contributed by atoms with E-state index >= 15 is 0 Å². The number of carbonyl (C=O) groups is 1. The molecule has 1 saturated heterocycles. The molecule has 132 valence electrons. The standard InChI is InChI=1S/C19H28N2O3/c1-14-9-15(2)12-21(11-14)13-19(22)20-6-5-16-3-4-17-18(10-16)24-8-7-23-17/h3-4,10,14-15H,5-9,11-13H2,1-2H3,(H,20,22). The van der Waals surface area contributed by atoms with Crippen molar-refractivity contribution in [3.8, 4) is 11.5 Å². The predicted octanol–water partition coefficient (Wildman–Crippen LogP) is 2.09. The molecule has 0 radical (unpaired) electrons. The third kappa shape index (κ3) is 4.63. The average molecular weight is 332 g/mol. The van der Waals surface area contributed by atoms with E-state index in [-0.39, 0.29) is 5.91 Å². The number of rotatable bonds is 5. The largest absolute Gasteiger partial charge is 0.486 e. The molecule has 1 fully saturated rings. The number of benzene rings is 1. The molecule has 2 heterocycles. The number of fused-ring (bicyclic) bond motifs is 1. The zero-order valence-electron chi connectivity index (χ0n) is 14.7. The fourth-order valence-electron chi connectivity index (χ4n) is 3.77. The smallest absolute Gasteiger partial charge is 0.234 e. The molecule has 2 aliphatic heterocycles. The Morgan fingerprint density at radius 1 is 1.17 bits per heavy atom. The molecule has 3 rings (SSSR count). The number of hydrogen-bond donors (Lipinski definition) is 1. The van der Waals surface area contributed by atoms with Gasteiger partial charge in [0.15, 0.2) is 11.5 Å². The van der Waals surface area contributed by atoms with Gasteiger partial charge in [-0.3, -0.25) is 9.69 Å². The molecule has 0 aliphatic carbocycles. The maximum atomic E-state index is 12.2. The minimum absolute atomic E-state index is 0.119. The predicted molar refractivity (Wildman–Crippen MR) is 93.5 cm³/mol. The lowest BCUT2D eigenvalue weighted by molar-refractivity contribution is -0.122. The molecule has 0 bridgehead atoms. The van der Waals surface area contributed by atoms with Crippen molar-refractivity contribution in [2.24, 2.45) is 11.8 Å². The number of amides is 1. The normalized spacial score (nSPS) is 23.8. The van der Waals surface area contributed by atoms with Gasteiger partial charge in [0.25, 0.3) is 0 Å². The lowest BCUT2D eigenvalue weighted by Gasteiger charge is -2.34. The summed E-state index contributed by atoms with van der Waals surface area (Å²) in [6, 6.07) is 5.99. The van der Waals surface area contributed by atoms with Crippen molar-refractivity contribution in [2.75, 3.05) is 39.4 Å². The number of nitrogens with zero attached hydrogens (tertiary/aromatic N) is 1. The highest BCUT2D eigenvalue weighted by Gasteiger charge is 2.23. The molecule has 24 heavy (non-hydrogen) atoms. The number of hydrogen-bond acceptors (Lipinski definition) is 4. The summed E-state index contributed by atoms with van der Waals surface area (Å²) in [6.45, 7) is 8.95. The van der Waals surface area contributed by atoms with Gasteiger partial charge in [0.05, 0.1) is 6.54 Å². The van der Waals surface area contributed by atoms with E-state index in [1.54, 1.807) is 0 Å². The molecule has 0 spiro atoms. The van der Waals surface area contributed by atoms with Crippen LogP contribution < -0.4 is 14.8 Å². The molecule has 5 nitrogen and oxygen atoms in total. The van der Waals surface area contributed by atoms with E-state index < -0.39 is 0 Å². The van der Waals surface area contributed by atoms with Crippen LogP contribution in [0.2, 0.25) is 0 Å². The topological polar surface area (TPSA) is 50.8 Å². The molecular formula is C19H28N2O3. The van der Waals surface area contributed by atoms with E-state index in [4.69, 9.17) is 9.47 Å². The average Bonchev–Trinajstić information content (AvgIpc) is 2.53. The Morgan fingerprint density at radius 3 is 2.62 bits per heavy atom. The van der Waals surface area contributed by atoms with Crippen molar-refractivity contribution in [3.05, 3.63) is 23.8 Å². The quantitative estimate of drug-likeness (QED) is 0.897. The molecular weight excluding hydrogens is 304 g/mol. The summed E-state index contributed by atoms with van der Waals surface area (Å²) in [5.41, 5.74) is 1.15. The number of carbonyl (C=O) groups excluding carboxylic acids is 1. The SMILES string of the molecule is CC1CC(C)CN(CC(=O)NCCc2ccc3c(c2)OCCO3)C1. The number of piperidine rings is 1. The van der Waals surface area contributed by atoms with Gasteiger partial charge in [0, 0.05) is 19.6 Å². The highest BCUT2D eigenvalue weighted by Crippen LogP contribution is 2.30. The summed E-state index contributed by atoms with van der Waals surface area (Å²) in [7, 11) is 0. The van der Waals surface area contributed by atoms with Crippen molar-refractivity contribution < 1.29 is 14.3 Å². The molecule has 2 atom stereocenters. The molecule has 2 unspecified atom stereocenters. The van der Waals surface area contributed by atoms with Crippen molar-refractivity contribution >= 4 is 5.91 Å². The molecule has 1 amide bonds. The van der Waals surface area contributed by atoms with Crippen LogP contribution in [0.25, 0.3) is 0 Å². The van der Waals surface area contributed by atoms with Crippen LogP contribution >= 0.6 is 0 Å². The highest BCUT2D eigenvalue weighted by atomic mass is 16.6. The van der Waals surface area contributed by atoms with Crippen LogP contribution in [0.4, 0.5) is 0 Å². The highest BCUT2D eigenvalue weighted by molar-refractivity contribution is 5.78. The van der Waals surface area contributed by atoms with Crippen LogP contribution in [0.5, 0.6) is 11.5 Å².